The highest BCUT2D eigenvalue weighted by Crippen LogP contribution is 2.29. The Labute approximate surface area is 233 Å². The maximum Gasteiger partial charge on any atom is 0.274 e. The van der Waals surface area contributed by atoms with Gasteiger partial charge in [0.2, 0.25) is 5.96 Å². The third-order valence-corrected chi connectivity index (χ3v) is 8.26. The van der Waals surface area contributed by atoms with Gasteiger partial charge in [-0.15, -0.1) is 0 Å². The molecule has 10 nitrogen and oxygen atoms in total. The van der Waals surface area contributed by atoms with Crippen LogP contribution in [-0.4, -0.2) is 52.6 Å². The molecule has 1 aliphatic heterocycles. The summed E-state index contributed by atoms with van der Waals surface area (Å²) in [6.07, 6.45) is 0. The maximum absolute atomic E-state index is 13.3. The van der Waals surface area contributed by atoms with Crippen LogP contribution in [-0.2, 0) is 20.2 Å². The first kappa shape index (κ1) is 28.7. The van der Waals surface area contributed by atoms with E-state index in [0.717, 1.165) is 16.7 Å². The summed E-state index contributed by atoms with van der Waals surface area (Å²) in [5.74, 6) is -0.259. The molecular formula is C26H29ClN6O4S2. The van der Waals surface area contributed by atoms with Gasteiger partial charge in [0.05, 0.1) is 23.7 Å². The van der Waals surface area contributed by atoms with E-state index < -0.39 is 26.3 Å². The number of aryl methyl sites for hydroxylation is 1. The van der Waals surface area contributed by atoms with Crippen molar-refractivity contribution in [1.82, 2.24) is 14.5 Å². The second-order valence-electron chi connectivity index (χ2n) is 9.18. The molecule has 0 aliphatic carbocycles. The smallest absolute Gasteiger partial charge is 0.249 e. The zero-order valence-electron chi connectivity index (χ0n) is 21.3. The van der Waals surface area contributed by atoms with E-state index in [4.69, 9.17) is 21.8 Å². The van der Waals surface area contributed by atoms with Gasteiger partial charge in [-0.1, -0.05) is 71.8 Å². The maximum atomic E-state index is 13.3. The van der Waals surface area contributed by atoms with Crippen molar-refractivity contribution in [2.24, 2.45) is 15.2 Å². The van der Waals surface area contributed by atoms with Gasteiger partial charge in [-0.2, -0.15) is 18.2 Å². The van der Waals surface area contributed by atoms with Crippen molar-refractivity contribution in [3.8, 4) is 0 Å². The number of nitrogens with zero attached hydrogens (tertiary/aromatic N) is 3. The van der Waals surface area contributed by atoms with Gasteiger partial charge in [0, 0.05) is 17.0 Å². The van der Waals surface area contributed by atoms with Crippen molar-refractivity contribution in [3.63, 3.8) is 0 Å². The summed E-state index contributed by atoms with van der Waals surface area (Å²) < 4.78 is 54.4. The predicted octanol–water partition coefficient (Wildman–Crippen LogP) is 2.97. The van der Waals surface area contributed by atoms with Crippen molar-refractivity contribution in [2.45, 2.75) is 30.7 Å². The molecule has 2 atom stereocenters. The van der Waals surface area contributed by atoms with E-state index in [-0.39, 0.29) is 29.9 Å². The van der Waals surface area contributed by atoms with Crippen molar-refractivity contribution in [3.05, 3.63) is 101 Å². The summed E-state index contributed by atoms with van der Waals surface area (Å²) in [7, 11) is -8.01. The molecule has 3 aromatic carbocycles. The highest BCUT2D eigenvalue weighted by Gasteiger charge is 2.33. The highest BCUT2D eigenvalue weighted by molar-refractivity contribution is 7.90. The van der Waals surface area contributed by atoms with Crippen LogP contribution in [0.2, 0.25) is 5.02 Å². The molecule has 0 radical (unpaired) electrons. The minimum absolute atomic E-state index is 0.0523. The molecule has 1 unspecified atom stereocenters. The molecule has 0 bridgehead atoms. The normalized spacial score (nSPS) is 17.1. The summed E-state index contributed by atoms with van der Waals surface area (Å²) in [4.78, 5) is 4.48. The molecule has 4 N–H and O–H groups in total. The molecule has 0 spiro atoms. The average Bonchev–Trinajstić information content (AvgIpc) is 3.32. The van der Waals surface area contributed by atoms with E-state index >= 15 is 0 Å². The molecule has 3 aromatic rings. The molecule has 206 valence electrons. The van der Waals surface area contributed by atoms with Gasteiger partial charge in [-0.25, -0.2) is 28.3 Å². The van der Waals surface area contributed by atoms with Crippen LogP contribution in [0.5, 0.6) is 0 Å². The first-order chi connectivity index (χ1) is 18.4. The van der Waals surface area contributed by atoms with Crippen LogP contribution in [0.1, 0.15) is 29.5 Å². The number of hydrogen-bond acceptors (Lipinski definition) is 6. The van der Waals surface area contributed by atoms with E-state index in [1.165, 1.54) is 17.1 Å². The van der Waals surface area contributed by atoms with Gasteiger partial charge in [-0.3, -0.25) is 0 Å². The average molecular weight is 589 g/mol. The number of halogens is 1. The number of benzene rings is 3. The molecule has 0 amide bonds. The van der Waals surface area contributed by atoms with Crippen LogP contribution in [0.3, 0.4) is 0 Å². The van der Waals surface area contributed by atoms with Crippen LogP contribution in [0.15, 0.2) is 93.9 Å². The quantitative estimate of drug-likeness (QED) is 0.273. The lowest BCUT2D eigenvalue weighted by Crippen LogP contribution is -2.43. The van der Waals surface area contributed by atoms with Gasteiger partial charge >= 0.3 is 0 Å². The Morgan fingerprint density at radius 1 is 1.05 bits per heavy atom. The Balaban J connectivity index is 1.73. The Hall–Kier alpha value is -3.29. The highest BCUT2D eigenvalue weighted by atomic mass is 35.5. The van der Waals surface area contributed by atoms with E-state index in [9.17, 15) is 16.8 Å². The third-order valence-electron chi connectivity index (χ3n) is 5.94. The number of hydrogen-bond donors (Lipinski definition) is 3. The molecule has 4 rings (SSSR count). The molecule has 0 saturated carbocycles. The minimum atomic E-state index is -4.04. The number of nitrogens with two attached hydrogens (primary N) is 1. The predicted molar refractivity (Wildman–Crippen MR) is 153 cm³/mol. The number of sulfonamides is 1. The second kappa shape index (κ2) is 11.8. The van der Waals surface area contributed by atoms with Crippen LogP contribution in [0.4, 0.5) is 0 Å². The van der Waals surface area contributed by atoms with Gasteiger partial charge in [0.15, 0.2) is 0 Å². The minimum Gasteiger partial charge on any atom is -0.249 e. The molecular weight excluding hydrogens is 560 g/mol. The van der Waals surface area contributed by atoms with Gasteiger partial charge in [-0.05, 0) is 49.2 Å². The summed E-state index contributed by atoms with van der Waals surface area (Å²) in [6.45, 7) is 3.62. The van der Waals surface area contributed by atoms with E-state index in [0.29, 0.717) is 10.7 Å². The number of hydrazone groups is 1. The van der Waals surface area contributed by atoms with Gasteiger partial charge in [0.25, 0.3) is 20.2 Å². The van der Waals surface area contributed by atoms with E-state index in [1.807, 2.05) is 49.4 Å². The van der Waals surface area contributed by atoms with Crippen LogP contribution in [0, 0.1) is 6.92 Å². The molecule has 13 heteroatoms. The van der Waals surface area contributed by atoms with Crippen LogP contribution in [0.25, 0.3) is 0 Å². The lowest BCUT2D eigenvalue weighted by Gasteiger charge is -2.20. The fraction of sp³-hybridized carbons (Fsp3) is 0.231. The Bertz CT molecular complexity index is 1580. The van der Waals surface area contributed by atoms with Gasteiger partial charge in [0.1, 0.15) is 0 Å². The Morgan fingerprint density at radius 3 is 2.31 bits per heavy atom. The zero-order valence-corrected chi connectivity index (χ0v) is 23.7. The lowest BCUT2D eigenvalue weighted by molar-refractivity contribution is 0.459. The second-order valence-corrected chi connectivity index (χ2v) is 12.6. The summed E-state index contributed by atoms with van der Waals surface area (Å²) in [6, 6.07) is 22.6. The van der Waals surface area contributed by atoms with Gasteiger partial charge < -0.3 is 0 Å². The summed E-state index contributed by atoms with van der Waals surface area (Å²) in [5, 5.41) is 11.9. The fourth-order valence-corrected chi connectivity index (χ4v) is 5.85. The van der Waals surface area contributed by atoms with Crippen molar-refractivity contribution >= 4 is 43.5 Å². The monoisotopic (exact) mass is 588 g/mol. The molecule has 0 saturated heterocycles. The van der Waals surface area contributed by atoms with Crippen molar-refractivity contribution in [1.29, 1.82) is 0 Å². The van der Waals surface area contributed by atoms with Crippen molar-refractivity contribution in [2.75, 3.05) is 13.1 Å². The first-order valence-electron chi connectivity index (χ1n) is 12.0. The van der Waals surface area contributed by atoms with E-state index in [1.54, 1.807) is 31.2 Å². The topological polar surface area (TPSA) is 146 Å². The number of nitrogens with one attached hydrogen (secondary N) is 2. The molecule has 1 heterocycles. The van der Waals surface area contributed by atoms with Crippen molar-refractivity contribution < 1.29 is 16.8 Å². The molecule has 0 fully saturated rings. The fourth-order valence-electron chi connectivity index (χ4n) is 4.07. The number of aliphatic imine (C=N–C) groups is 1. The SMILES string of the molecule is Cc1ccc(S(=O)(=O)NC(=NCC(C)NS(N)(=O)=O)N2C[C@@H](c3ccccc3)C(c3ccc(Cl)cc3)=N2)cc1. The van der Waals surface area contributed by atoms with E-state index in [2.05, 4.69) is 14.4 Å². The van der Waals surface area contributed by atoms with Crippen LogP contribution < -0.4 is 14.6 Å². The lowest BCUT2D eigenvalue weighted by atomic mass is 9.91. The number of guanidine groups is 1. The Morgan fingerprint density at radius 2 is 1.69 bits per heavy atom. The molecule has 1 aliphatic rings. The molecule has 39 heavy (non-hydrogen) atoms. The summed E-state index contributed by atoms with van der Waals surface area (Å²) in [5.41, 5.74) is 3.42. The largest absolute Gasteiger partial charge is 0.274 e. The Kier molecular flexibility index (Phi) is 8.72. The molecule has 0 aromatic heterocycles. The van der Waals surface area contributed by atoms with Crippen LogP contribution >= 0.6 is 11.6 Å². The zero-order chi connectivity index (χ0) is 28.2. The summed E-state index contributed by atoms with van der Waals surface area (Å²) >= 11 is 6.10. The third kappa shape index (κ3) is 7.64. The number of rotatable bonds is 8. The standard InChI is InChI=1S/C26H29ClN6O4S2/c1-18-8-14-23(15-9-18)38(34,35)32-26(29-16-19(2)31-39(28,36)37)33-17-24(20-6-4-3-5-7-20)25(30-33)21-10-12-22(27)13-11-21/h3-15,19,24,31H,16-17H2,1-2H3,(H,29,32)(H2,28,36,37)/t19?,24-/m0/s1. The first-order valence-corrected chi connectivity index (χ1v) is 15.4.